The number of halogens is 3. The van der Waals surface area contributed by atoms with Crippen LogP contribution in [0.2, 0.25) is 0 Å². The van der Waals surface area contributed by atoms with Crippen molar-refractivity contribution < 1.29 is 37.1 Å². The first-order valence-electron chi connectivity index (χ1n) is 11.4. The van der Waals surface area contributed by atoms with Gasteiger partial charge >= 0.3 is 12.3 Å². The van der Waals surface area contributed by atoms with E-state index in [1.54, 1.807) is 20.8 Å². The lowest BCUT2D eigenvalue weighted by molar-refractivity contribution is -0.171. The Balaban J connectivity index is 2.21. The number of ether oxygens (including phenoxy) is 1. The number of carbonyl (C=O) groups is 4. The van der Waals surface area contributed by atoms with Crippen molar-refractivity contribution in [3.05, 3.63) is 0 Å². The first-order chi connectivity index (χ1) is 16.2. The number of hydrogen-bond donors (Lipinski definition) is 3. The number of nitrogens with zero attached hydrogens (tertiary/aromatic N) is 2. The Kier molecular flexibility index (Phi) is 8.97. The van der Waals surface area contributed by atoms with Gasteiger partial charge in [-0.15, -0.1) is 0 Å². The maximum Gasteiger partial charge on any atom is 0.407 e. The third-order valence-corrected chi connectivity index (χ3v) is 6.35. The fraction of sp³-hybridized carbons (Fsp3) is 0.773. The predicted molar refractivity (Wildman–Crippen MR) is 116 cm³/mol. The molecular weight excluding hydrogens is 471 g/mol. The zero-order chi connectivity index (χ0) is 26.6. The van der Waals surface area contributed by atoms with E-state index in [2.05, 4.69) is 20.7 Å². The van der Waals surface area contributed by atoms with Gasteiger partial charge in [0.2, 0.25) is 17.7 Å². The quantitative estimate of drug-likeness (QED) is 0.481. The highest BCUT2D eigenvalue weighted by Crippen LogP contribution is 2.38. The maximum atomic E-state index is 13.5. The zero-order valence-corrected chi connectivity index (χ0v) is 20.2. The molecule has 4 amide bonds. The summed E-state index contributed by atoms with van der Waals surface area (Å²) in [5.74, 6) is -4.12. The van der Waals surface area contributed by atoms with Gasteiger partial charge in [0, 0.05) is 19.0 Å². The number of amides is 4. The summed E-state index contributed by atoms with van der Waals surface area (Å²) in [7, 11) is 1.09. The molecule has 0 aromatic rings. The van der Waals surface area contributed by atoms with E-state index in [9.17, 15) is 37.6 Å². The Labute approximate surface area is 201 Å². The molecule has 0 bridgehead atoms. The molecule has 10 nitrogen and oxygen atoms in total. The largest absolute Gasteiger partial charge is 0.453 e. The summed E-state index contributed by atoms with van der Waals surface area (Å²) < 4.78 is 45.2. The number of alkyl carbamates (subject to hydrolysis) is 1. The van der Waals surface area contributed by atoms with E-state index in [0.29, 0.717) is 19.4 Å². The van der Waals surface area contributed by atoms with Crippen LogP contribution in [0.25, 0.3) is 0 Å². The van der Waals surface area contributed by atoms with E-state index < -0.39 is 66.5 Å². The number of rotatable bonds is 7. The third kappa shape index (κ3) is 7.22. The minimum absolute atomic E-state index is 0.137. The Morgan fingerprint density at radius 1 is 1.26 bits per heavy atom. The highest BCUT2D eigenvalue weighted by molar-refractivity contribution is 5.92. The van der Waals surface area contributed by atoms with Crippen LogP contribution < -0.4 is 16.0 Å². The van der Waals surface area contributed by atoms with Crippen LogP contribution in [0, 0.1) is 28.6 Å². The van der Waals surface area contributed by atoms with Crippen molar-refractivity contribution in [1.82, 2.24) is 20.9 Å². The van der Waals surface area contributed by atoms with E-state index in [-0.39, 0.29) is 18.2 Å². The van der Waals surface area contributed by atoms with Crippen LogP contribution in [-0.2, 0) is 19.1 Å². The van der Waals surface area contributed by atoms with Gasteiger partial charge in [-0.05, 0) is 31.1 Å². The van der Waals surface area contributed by atoms with Gasteiger partial charge < -0.3 is 25.6 Å². The van der Waals surface area contributed by atoms with Crippen molar-refractivity contribution in [2.24, 2.45) is 17.3 Å². The fourth-order valence-corrected chi connectivity index (χ4v) is 4.28. The Hall–Kier alpha value is -3.04. The molecule has 0 spiro atoms. The number of methoxy groups -OCH3 is 1. The highest BCUT2D eigenvalue weighted by Gasteiger charge is 2.52. The molecule has 2 fully saturated rings. The molecule has 0 saturated carbocycles. The molecule has 2 heterocycles. The van der Waals surface area contributed by atoms with E-state index in [1.165, 1.54) is 0 Å². The van der Waals surface area contributed by atoms with Crippen LogP contribution in [-0.4, -0.2) is 73.2 Å². The number of likely N-dealkylation sites (tertiary alicyclic amines) is 1. The molecule has 3 N–H and O–H groups in total. The second kappa shape index (κ2) is 11.1. The normalized spacial score (nSPS) is 24.2. The van der Waals surface area contributed by atoms with E-state index in [1.807, 2.05) is 6.07 Å². The summed E-state index contributed by atoms with van der Waals surface area (Å²) in [5.41, 5.74) is -0.903. The second-order valence-corrected chi connectivity index (χ2v) is 9.96. The SMILES string of the molecule is COC(=O)N[C@H](C(=O)N1C[C@H](C(F)(F)F)C[C@H]1C(=O)N[C@H](C#N)CC[C@@H]1CCNC1=O)C(C)(C)C. The fourth-order valence-electron chi connectivity index (χ4n) is 4.28. The Morgan fingerprint density at radius 2 is 1.91 bits per heavy atom. The maximum absolute atomic E-state index is 13.5. The lowest BCUT2D eigenvalue weighted by Gasteiger charge is -2.35. The highest BCUT2D eigenvalue weighted by atomic mass is 19.4. The molecule has 2 aliphatic rings. The molecule has 2 rings (SSSR count). The average Bonchev–Trinajstić information content (AvgIpc) is 3.39. The topological polar surface area (TPSA) is 141 Å². The molecule has 0 aromatic carbocycles. The molecular formula is C22H32F3N5O5. The summed E-state index contributed by atoms with van der Waals surface area (Å²) in [6.45, 7) is 4.61. The molecule has 196 valence electrons. The minimum Gasteiger partial charge on any atom is -0.453 e. The summed E-state index contributed by atoms with van der Waals surface area (Å²) in [4.78, 5) is 50.7. The third-order valence-electron chi connectivity index (χ3n) is 6.35. The predicted octanol–water partition coefficient (Wildman–Crippen LogP) is 1.46. The van der Waals surface area contributed by atoms with Crippen LogP contribution >= 0.6 is 0 Å². The Morgan fingerprint density at radius 3 is 2.40 bits per heavy atom. The summed E-state index contributed by atoms with van der Waals surface area (Å²) >= 11 is 0. The van der Waals surface area contributed by atoms with Crippen molar-refractivity contribution in [2.45, 2.75) is 70.8 Å². The van der Waals surface area contributed by atoms with Crippen molar-refractivity contribution in [3.63, 3.8) is 0 Å². The van der Waals surface area contributed by atoms with Gasteiger partial charge in [0.25, 0.3) is 0 Å². The average molecular weight is 504 g/mol. The lowest BCUT2D eigenvalue weighted by atomic mass is 9.85. The number of hydrogen-bond acceptors (Lipinski definition) is 6. The van der Waals surface area contributed by atoms with Crippen LogP contribution in [0.3, 0.4) is 0 Å². The Bertz CT molecular complexity index is 867. The van der Waals surface area contributed by atoms with Gasteiger partial charge in [0.1, 0.15) is 18.1 Å². The summed E-state index contributed by atoms with van der Waals surface area (Å²) in [5, 5.41) is 16.9. The molecule has 0 radical (unpaired) electrons. The van der Waals surface area contributed by atoms with Crippen LogP contribution in [0.15, 0.2) is 0 Å². The number of carbonyl (C=O) groups excluding carboxylic acids is 4. The van der Waals surface area contributed by atoms with Gasteiger partial charge in [-0.25, -0.2) is 4.79 Å². The number of nitriles is 1. The molecule has 13 heteroatoms. The smallest absolute Gasteiger partial charge is 0.407 e. The molecule has 2 aliphatic heterocycles. The molecule has 2 saturated heterocycles. The summed E-state index contributed by atoms with van der Waals surface area (Å²) in [6, 6.07) is -1.88. The van der Waals surface area contributed by atoms with E-state index >= 15 is 0 Å². The zero-order valence-electron chi connectivity index (χ0n) is 20.2. The first kappa shape index (κ1) is 28.2. The standard InChI is InChI=1S/C22H32F3N5O5/c1-21(2,3)16(29-20(34)35-4)19(33)30-11-13(22(23,24)25)9-15(30)18(32)28-14(10-26)6-5-12-7-8-27-17(12)31/h12-16H,5-9,11H2,1-4H3,(H,27,31)(H,28,32)(H,29,34)/t12-,13-,14+,15+,16-/m1/s1. The van der Waals surface area contributed by atoms with E-state index in [4.69, 9.17) is 0 Å². The van der Waals surface area contributed by atoms with E-state index in [0.717, 1.165) is 12.0 Å². The van der Waals surface area contributed by atoms with Crippen molar-refractivity contribution in [3.8, 4) is 6.07 Å². The lowest BCUT2D eigenvalue weighted by Crippen LogP contribution is -2.58. The van der Waals surface area contributed by atoms with Crippen LogP contribution in [0.1, 0.15) is 46.5 Å². The number of nitrogens with one attached hydrogen (secondary N) is 3. The molecule has 0 aliphatic carbocycles. The van der Waals surface area contributed by atoms with Gasteiger partial charge in [-0.1, -0.05) is 20.8 Å². The minimum atomic E-state index is -4.65. The monoisotopic (exact) mass is 503 g/mol. The summed E-state index contributed by atoms with van der Waals surface area (Å²) in [6.07, 6.45) is -5.18. The van der Waals surface area contributed by atoms with Gasteiger partial charge in [-0.2, -0.15) is 18.4 Å². The van der Waals surface area contributed by atoms with Crippen molar-refractivity contribution in [1.29, 1.82) is 5.26 Å². The van der Waals surface area contributed by atoms with Crippen LogP contribution in [0.4, 0.5) is 18.0 Å². The number of alkyl halides is 3. The van der Waals surface area contributed by atoms with Crippen LogP contribution in [0.5, 0.6) is 0 Å². The van der Waals surface area contributed by atoms with Gasteiger partial charge in [0.05, 0.1) is 19.1 Å². The van der Waals surface area contributed by atoms with Crippen molar-refractivity contribution in [2.75, 3.05) is 20.2 Å². The molecule has 0 aromatic heterocycles. The molecule has 5 atom stereocenters. The van der Waals surface area contributed by atoms with Gasteiger partial charge in [-0.3, -0.25) is 14.4 Å². The first-order valence-corrected chi connectivity index (χ1v) is 11.4. The second-order valence-electron chi connectivity index (χ2n) is 9.96. The molecule has 0 unspecified atom stereocenters. The van der Waals surface area contributed by atoms with Gasteiger partial charge in [0.15, 0.2) is 0 Å². The molecule has 35 heavy (non-hydrogen) atoms. The van der Waals surface area contributed by atoms with Crippen molar-refractivity contribution >= 4 is 23.8 Å².